The highest BCUT2D eigenvalue weighted by atomic mass is 16.6. The highest BCUT2D eigenvalue weighted by Crippen LogP contribution is 2.11. The van der Waals surface area contributed by atoms with Gasteiger partial charge in [0.05, 0.1) is 39.6 Å². The summed E-state index contributed by atoms with van der Waals surface area (Å²) in [5, 5.41) is 17.3. The molecule has 2 unspecified atom stereocenters. The van der Waals surface area contributed by atoms with Gasteiger partial charge in [0.1, 0.15) is 12.2 Å². The van der Waals surface area contributed by atoms with Gasteiger partial charge in [-0.15, -0.1) is 0 Å². The fourth-order valence-corrected chi connectivity index (χ4v) is 3.14. The van der Waals surface area contributed by atoms with E-state index in [1.807, 2.05) is 24.3 Å². The van der Waals surface area contributed by atoms with E-state index in [0.29, 0.717) is 25.0 Å². The molecule has 0 saturated carbocycles. The first-order valence-corrected chi connectivity index (χ1v) is 11.5. The molecule has 6 heteroatoms. The second-order valence-electron chi connectivity index (χ2n) is 8.14. The molecule has 2 aliphatic rings. The van der Waals surface area contributed by atoms with Gasteiger partial charge < -0.3 is 29.2 Å². The molecular formula is C26H36O6. The first-order valence-electron chi connectivity index (χ1n) is 11.5. The van der Waals surface area contributed by atoms with Crippen LogP contribution in [0.2, 0.25) is 0 Å². The first kappa shape index (κ1) is 24.8. The number of aliphatic hydroxyl groups excluding tert-OH is 2. The van der Waals surface area contributed by atoms with Crippen LogP contribution in [0, 0.1) is 0 Å². The van der Waals surface area contributed by atoms with Crippen molar-refractivity contribution in [2.45, 2.75) is 37.9 Å². The molecule has 2 heterocycles. The van der Waals surface area contributed by atoms with Gasteiger partial charge in [-0.1, -0.05) is 48.5 Å². The van der Waals surface area contributed by atoms with Crippen LogP contribution in [-0.4, -0.2) is 75.3 Å². The van der Waals surface area contributed by atoms with E-state index in [1.165, 1.54) is 11.1 Å². The second-order valence-corrected chi connectivity index (χ2v) is 8.14. The van der Waals surface area contributed by atoms with Crippen molar-refractivity contribution >= 4 is 0 Å². The molecule has 2 aromatic carbocycles. The van der Waals surface area contributed by atoms with Gasteiger partial charge in [0, 0.05) is 13.2 Å². The van der Waals surface area contributed by atoms with Crippen molar-refractivity contribution in [3.63, 3.8) is 0 Å². The molecule has 2 atom stereocenters. The van der Waals surface area contributed by atoms with Gasteiger partial charge in [-0.2, -0.15) is 0 Å². The maximum Gasteiger partial charge on any atom is 0.104 e. The zero-order valence-electron chi connectivity index (χ0n) is 18.8. The Morgan fingerprint density at radius 2 is 0.906 bits per heavy atom. The van der Waals surface area contributed by atoms with Gasteiger partial charge in [-0.3, -0.25) is 0 Å². The molecule has 0 spiro atoms. The van der Waals surface area contributed by atoms with Gasteiger partial charge in [0.15, 0.2) is 0 Å². The van der Waals surface area contributed by atoms with Crippen molar-refractivity contribution in [3.8, 4) is 0 Å². The van der Waals surface area contributed by atoms with Crippen LogP contribution in [0.4, 0.5) is 0 Å². The van der Waals surface area contributed by atoms with Gasteiger partial charge >= 0.3 is 0 Å². The van der Waals surface area contributed by atoms with Crippen LogP contribution in [-0.2, 0) is 44.6 Å². The Kier molecular flexibility index (Phi) is 11.2. The third-order valence-electron chi connectivity index (χ3n) is 5.33. The van der Waals surface area contributed by atoms with Crippen molar-refractivity contribution in [1.29, 1.82) is 0 Å². The quantitative estimate of drug-likeness (QED) is 0.344. The Labute approximate surface area is 191 Å². The largest absolute Gasteiger partial charge is 0.396 e. The molecule has 32 heavy (non-hydrogen) atoms. The Morgan fingerprint density at radius 3 is 1.19 bits per heavy atom. The Bertz CT molecular complexity index is 674. The lowest BCUT2D eigenvalue weighted by Gasteiger charge is -2.05. The number of hydrogen-bond acceptors (Lipinski definition) is 6. The van der Waals surface area contributed by atoms with E-state index < -0.39 is 0 Å². The minimum absolute atomic E-state index is 0.194. The SMILES string of the molecule is OCCc1ccc(CCO)cc1.c1cc(CCOCC2CO2)ccc1CCOCC1CO1. The van der Waals surface area contributed by atoms with Gasteiger partial charge in [-0.25, -0.2) is 0 Å². The summed E-state index contributed by atoms with van der Waals surface area (Å²) in [5.74, 6) is 0. The van der Waals surface area contributed by atoms with Crippen LogP contribution in [0.5, 0.6) is 0 Å². The third-order valence-corrected chi connectivity index (χ3v) is 5.33. The normalized spacial score (nSPS) is 18.7. The van der Waals surface area contributed by atoms with Crippen molar-refractivity contribution in [2.75, 3.05) is 52.9 Å². The van der Waals surface area contributed by atoms with Crippen molar-refractivity contribution in [3.05, 3.63) is 70.8 Å². The van der Waals surface area contributed by atoms with Crippen LogP contribution in [0.1, 0.15) is 22.3 Å². The fourth-order valence-electron chi connectivity index (χ4n) is 3.14. The Hall–Kier alpha value is -1.80. The number of rotatable bonds is 14. The van der Waals surface area contributed by atoms with Gasteiger partial charge in [-0.05, 0) is 47.9 Å². The highest BCUT2D eigenvalue weighted by Gasteiger charge is 2.22. The highest BCUT2D eigenvalue weighted by molar-refractivity contribution is 5.23. The number of epoxide rings is 2. The van der Waals surface area contributed by atoms with Crippen molar-refractivity contribution in [1.82, 2.24) is 0 Å². The molecule has 0 bridgehead atoms. The molecule has 0 aliphatic carbocycles. The standard InChI is InChI=1S/C16H22O4.C10H14O2/c1-2-14(6-8-18-10-16-12-20-16)4-3-13(1)5-7-17-9-15-11-19-15;11-7-5-9-1-2-10(4-3-9)6-8-12/h1-4,15-16H,5-12H2;1-4,11-12H,5-8H2. The Balaban J connectivity index is 0.000000207. The summed E-state index contributed by atoms with van der Waals surface area (Å²) in [7, 11) is 0. The fraction of sp³-hybridized carbons (Fsp3) is 0.538. The van der Waals surface area contributed by atoms with E-state index >= 15 is 0 Å². The summed E-state index contributed by atoms with van der Waals surface area (Å²) >= 11 is 0. The van der Waals surface area contributed by atoms with E-state index in [2.05, 4.69) is 24.3 Å². The molecule has 2 saturated heterocycles. The van der Waals surface area contributed by atoms with Crippen molar-refractivity contribution < 1.29 is 29.2 Å². The minimum Gasteiger partial charge on any atom is -0.396 e. The van der Waals surface area contributed by atoms with E-state index in [0.717, 1.165) is 63.6 Å². The average Bonchev–Trinajstić information content (AvgIpc) is 3.73. The first-order chi connectivity index (χ1) is 15.8. The summed E-state index contributed by atoms with van der Waals surface area (Å²) in [5.41, 5.74) is 4.91. The summed E-state index contributed by atoms with van der Waals surface area (Å²) in [6, 6.07) is 16.7. The third kappa shape index (κ3) is 10.7. The summed E-state index contributed by atoms with van der Waals surface area (Å²) in [6.45, 7) is 5.12. The molecule has 0 radical (unpaired) electrons. The molecule has 2 aliphatic heterocycles. The number of ether oxygens (including phenoxy) is 4. The maximum absolute atomic E-state index is 8.65. The van der Waals surface area contributed by atoms with Crippen LogP contribution in [0.3, 0.4) is 0 Å². The van der Waals surface area contributed by atoms with E-state index in [4.69, 9.17) is 29.2 Å². The van der Waals surface area contributed by atoms with E-state index in [9.17, 15) is 0 Å². The lowest BCUT2D eigenvalue weighted by atomic mass is 10.1. The van der Waals surface area contributed by atoms with Gasteiger partial charge in [0.25, 0.3) is 0 Å². The molecule has 2 N–H and O–H groups in total. The zero-order valence-corrected chi connectivity index (χ0v) is 18.8. The summed E-state index contributed by atoms with van der Waals surface area (Å²) < 4.78 is 21.3. The van der Waals surface area contributed by atoms with Crippen molar-refractivity contribution in [2.24, 2.45) is 0 Å². The number of hydrogen-bond donors (Lipinski definition) is 2. The topological polar surface area (TPSA) is 84.0 Å². The summed E-state index contributed by atoms with van der Waals surface area (Å²) in [6.07, 6.45) is 4.06. The number of benzene rings is 2. The van der Waals surface area contributed by atoms with E-state index in [1.54, 1.807) is 0 Å². The molecule has 176 valence electrons. The predicted molar refractivity (Wildman–Crippen MR) is 123 cm³/mol. The smallest absolute Gasteiger partial charge is 0.104 e. The average molecular weight is 445 g/mol. The molecule has 2 aromatic rings. The lowest BCUT2D eigenvalue weighted by molar-refractivity contribution is 0.119. The van der Waals surface area contributed by atoms with Gasteiger partial charge in [0.2, 0.25) is 0 Å². The molecular weight excluding hydrogens is 408 g/mol. The molecule has 4 rings (SSSR count). The maximum atomic E-state index is 8.65. The lowest BCUT2D eigenvalue weighted by Crippen LogP contribution is -2.06. The van der Waals surface area contributed by atoms with Crippen LogP contribution in [0.15, 0.2) is 48.5 Å². The zero-order chi connectivity index (χ0) is 22.4. The number of aliphatic hydroxyl groups is 2. The van der Waals surface area contributed by atoms with Crippen LogP contribution >= 0.6 is 0 Å². The van der Waals surface area contributed by atoms with Crippen LogP contribution in [0.25, 0.3) is 0 Å². The Morgan fingerprint density at radius 1 is 0.594 bits per heavy atom. The molecule has 0 aromatic heterocycles. The molecule has 0 amide bonds. The van der Waals surface area contributed by atoms with Crippen LogP contribution < -0.4 is 0 Å². The molecule has 2 fully saturated rings. The summed E-state index contributed by atoms with van der Waals surface area (Å²) in [4.78, 5) is 0. The van der Waals surface area contributed by atoms with E-state index in [-0.39, 0.29) is 13.2 Å². The predicted octanol–water partition coefficient (Wildman–Crippen LogP) is 2.36. The monoisotopic (exact) mass is 444 g/mol. The molecule has 6 nitrogen and oxygen atoms in total. The minimum atomic E-state index is 0.194. The second kappa shape index (κ2) is 14.4.